The summed E-state index contributed by atoms with van der Waals surface area (Å²) in [6.45, 7) is 3.00. The molecule has 0 aliphatic heterocycles. The Hall–Kier alpha value is -2.04. The molecule has 0 radical (unpaired) electrons. The van der Waals surface area contributed by atoms with Crippen LogP contribution in [0.2, 0.25) is 0 Å². The molecule has 1 aromatic heterocycles. The summed E-state index contributed by atoms with van der Waals surface area (Å²) < 4.78 is 3.41. The molecule has 102 valence electrons. The fourth-order valence-corrected chi connectivity index (χ4v) is 2.23. The Morgan fingerprint density at radius 2 is 1.74 bits per heavy atom. The van der Waals surface area contributed by atoms with Gasteiger partial charge in [-0.1, -0.05) is 12.1 Å². The highest BCUT2D eigenvalue weighted by atomic mass is 16.2. The van der Waals surface area contributed by atoms with Crippen LogP contribution >= 0.6 is 0 Å². The first-order chi connectivity index (χ1) is 9.06. The van der Waals surface area contributed by atoms with Gasteiger partial charge in [0, 0.05) is 33.6 Å². The lowest BCUT2D eigenvalue weighted by Gasteiger charge is -2.10. The number of hydrogen-bond donors (Lipinski definition) is 0. The van der Waals surface area contributed by atoms with Crippen molar-refractivity contribution >= 4 is 16.9 Å². The molecule has 0 bridgehead atoms. The number of carbonyl (C=O) groups is 1. The van der Waals surface area contributed by atoms with E-state index in [0.717, 1.165) is 11.0 Å². The summed E-state index contributed by atoms with van der Waals surface area (Å²) in [5.41, 5.74) is 1.77. The Kier molecular flexibility index (Phi) is 3.74. The number of carbonyl (C=O) groups excluding carboxylic acids is 1. The van der Waals surface area contributed by atoms with Gasteiger partial charge in [0.05, 0.1) is 11.0 Å². The molecule has 5 heteroatoms. The largest absolute Gasteiger partial charge is 0.349 e. The van der Waals surface area contributed by atoms with Gasteiger partial charge in [-0.05, 0) is 19.1 Å². The number of aryl methyl sites for hydroxylation is 2. The summed E-state index contributed by atoms with van der Waals surface area (Å²) >= 11 is 0. The van der Waals surface area contributed by atoms with E-state index in [4.69, 9.17) is 0 Å². The van der Waals surface area contributed by atoms with E-state index in [1.54, 1.807) is 28.1 Å². The van der Waals surface area contributed by atoms with E-state index in [0.29, 0.717) is 19.5 Å². The molecule has 1 aromatic carbocycles. The van der Waals surface area contributed by atoms with E-state index in [9.17, 15) is 9.59 Å². The molecule has 0 atom stereocenters. The fraction of sp³-hybridized carbons (Fsp3) is 0.429. The second kappa shape index (κ2) is 5.30. The number of para-hydroxylation sites is 2. The third kappa shape index (κ3) is 2.41. The second-order valence-corrected chi connectivity index (χ2v) is 4.71. The van der Waals surface area contributed by atoms with E-state index in [1.165, 1.54) is 0 Å². The lowest BCUT2D eigenvalue weighted by molar-refractivity contribution is -0.128. The van der Waals surface area contributed by atoms with Crippen LogP contribution in [-0.2, 0) is 17.9 Å². The number of imidazole rings is 1. The van der Waals surface area contributed by atoms with Gasteiger partial charge in [-0.2, -0.15) is 0 Å². The van der Waals surface area contributed by atoms with Crippen LogP contribution in [0.25, 0.3) is 11.0 Å². The average Bonchev–Trinajstić information content (AvgIpc) is 2.67. The van der Waals surface area contributed by atoms with Crippen LogP contribution in [0.3, 0.4) is 0 Å². The van der Waals surface area contributed by atoms with E-state index >= 15 is 0 Å². The lowest BCUT2D eigenvalue weighted by Crippen LogP contribution is -2.27. The maximum atomic E-state index is 12.3. The first-order valence-corrected chi connectivity index (χ1v) is 6.44. The molecule has 0 fully saturated rings. The van der Waals surface area contributed by atoms with Gasteiger partial charge in [-0.15, -0.1) is 0 Å². The van der Waals surface area contributed by atoms with Crippen molar-refractivity contribution < 1.29 is 4.79 Å². The van der Waals surface area contributed by atoms with Crippen molar-refractivity contribution in [3.8, 4) is 0 Å². The molecular weight excluding hydrogens is 242 g/mol. The summed E-state index contributed by atoms with van der Waals surface area (Å²) in [5.74, 6) is 0.0280. The topological polar surface area (TPSA) is 47.2 Å². The Morgan fingerprint density at radius 3 is 2.26 bits per heavy atom. The van der Waals surface area contributed by atoms with Gasteiger partial charge in [-0.3, -0.25) is 13.9 Å². The number of fused-ring (bicyclic) bond motifs is 1. The Balaban J connectivity index is 2.40. The highest BCUT2D eigenvalue weighted by molar-refractivity contribution is 5.77. The average molecular weight is 261 g/mol. The number of hydrogen-bond acceptors (Lipinski definition) is 2. The Morgan fingerprint density at radius 1 is 1.16 bits per heavy atom. The van der Waals surface area contributed by atoms with Gasteiger partial charge in [0.2, 0.25) is 5.91 Å². The zero-order valence-corrected chi connectivity index (χ0v) is 11.6. The summed E-state index contributed by atoms with van der Waals surface area (Å²) in [6.07, 6.45) is 0.338. The molecule has 5 nitrogen and oxygen atoms in total. The van der Waals surface area contributed by atoms with E-state index in [1.807, 2.05) is 31.2 Å². The third-order valence-corrected chi connectivity index (χ3v) is 3.29. The first-order valence-electron chi connectivity index (χ1n) is 6.44. The smallest absolute Gasteiger partial charge is 0.329 e. The molecule has 0 aliphatic carbocycles. The van der Waals surface area contributed by atoms with Crippen molar-refractivity contribution in [1.82, 2.24) is 14.0 Å². The number of rotatable bonds is 4. The van der Waals surface area contributed by atoms with Crippen molar-refractivity contribution in [2.45, 2.75) is 26.4 Å². The van der Waals surface area contributed by atoms with Gasteiger partial charge in [0.1, 0.15) is 0 Å². The third-order valence-electron chi connectivity index (χ3n) is 3.29. The van der Waals surface area contributed by atoms with Gasteiger partial charge in [-0.25, -0.2) is 4.79 Å². The number of aromatic nitrogens is 2. The Labute approximate surface area is 112 Å². The quantitative estimate of drug-likeness (QED) is 0.833. The van der Waals surface area contributed by atoms with Crippen LogP contribution < -0.4 is 5.69 Å². The maximum absolute atomic E-state index is 12.3. The molecule has 2 aromatic rings. The van der Waals surface area contributed by atoms with Crippen LogP contribution in [-0.4, -0.2) is 34.0 Å². The van der Waals surface area contributed by atoms with Crippen molar-refractivity contribution in [1.29, 1.82) is 0 Å². The van der Waals surface area contributed by atoms with Crippen molar-refractivity contribution in [3.05, 3.63) is 34.7 Å². The first kappa shape index (κ1) is 13.4. The molecule has 0 N–H and O–H groups in total. The van der Waals surface area contributed by atoms with Gasteiger partial charge in [0.25, 0.3) is 0 Å². The minimum absolute atomic E-state index is 0.0280. The van der Waals surface area contributed by atoms with Crippen LogP contribution in [0.4, 0.5) is 0 Å². The van der Waals surface area contributed by atoms with Gasteiger partial charge >= 0.3 is 5.69 Å². The summed E-state index contributed by atoms with van der Waals surface area (Å²) in [7, 11) is 3.45. The molecule has 2 rings (SSSR count). The van der Waals surface area contributed by atoms with Crippen LogP contribution in [0, 0.1) is 0 Å². The standard InChI is InChI=1S/C14H19N3O2/c1-4-16-11-7-5-6-8-12(11)17(14(16)19)10-9-13(18)15(2)3/h5-8H,4,9-10H2,1-3H3. The van der Waals surface area contributed by atoms with E-state index in [-0.39, 0.29) is 11.6 Å². The predicted molar refractivity (Wildman–Crippen MR) is 75.2 cm³/mol. The molecule has 0 saturated carbocycles. The SMILES string of the molecule is CCn1c(=O)n(CCC(=O)N(C)C)c2ccccc21. The lowest BCUT2D eigenvalue weighted by atomic mass is 10.3. The number of amides is 1. The maximum Gasteiger partial charge on any atom is 0.329 e. The number of nitrogens with zero attached hydrogens (tertiary/aromatic N) is 3. The van der Waals surface area contributed by atoms with Crippen molar-refractivity contribution in [2.75, 3.05) is 14.1 Å². The van der Waals surface area contributed by atoms with E-state index in [2.05, 4.69) is 0 Å². The fourth-order valence-electron chi connectivity index (χ4n) is 2.23. The van der Waals surface area contributed by atoms with Crippen LogP contribution in [0.5, 0.6) is 0 Å². The summed E-state index contributed by atoms with van der Waals surface area (Å²) in [6, 6.07) is 7.68. The monoisotopic (exact) mass is 261 g/mol. The van der Waals surface area contributed by atoms with Gasteiger partial charge < -0.3 is 4.90 Å². The molecule has 1 amide bonds. The van der Waals surface area contributed by atoms with Crippen molar-refractivity contribution in [3.63, 3.8) is 0 Å². The molecule has 19 heavy (non-hydrogen) atoms. The van der Waals surface area contributed by atoms with Crippen LogP contribution in [0.15, 0.2) is 29.1 Å². The molecule has 0 unspecified atom stereocenters. The minimum atomic E-state index is -0.0461. The highest BCUT2D eigenvalue weighted by Gasteiger charge is 2.13. The summed E-state index contributed by atoms with van der Waals surface area (Å²) in [5, 5.41) is 0. The summed E-state index contributed by atoms with van der Waals surface area (Å²) in [4.78, 5) is 25.5. The van der Waals surface area contributed by atoms with E-state index < -0.39 is 0 Å². The number of benzene rings is 1. The minimum Gasteiger partial charge on any atom is -0.349 e. The van der Waals surface area contributed by atoms with Crippen LogP contribution in [0.1, 0.15) is 13.3 Å². The Bertz CT molecular complexity index is 652. The zero-order valence-electron chi connectivity index (χ0n) is 11.6. The zero-order chi connectivity index (χ0) is 14.0. The molecule has 0 aliphatic rings. The molecular formula is C14H19N3O2. The highest BCUT2D eigenvalue weighted by Crippen LogP contribution is 2.13. The van der Waals surface area contributed by atoms with Gasteiger partial charge in [0.15, 0.2) is 0 Å². The molecule has 1 heterocycles. The normalized spacial score (nSPS) is 10.9. The molecule has 0 spiro atoms. The second-order valence-electron chi connectivity index (χ2n) is 4.71. The predicted octanol–water partition coefficient (Wildman–Crippen LogP) is 1.30. The van der Waals surface area contributed by atoms with Crippen molar-refractivity contribution in [2.24, 2.45) is 0 Å². The molecule has 0 saturated heterocycles.